The van der Waals surface area contributed by atoms with Gasteiger partial charge in [0.25, 0.3) is 0 Å². The third kappa shape index (κ3) is 4.35. The fourth-order valence-electron chi connectivity index (χ4n) is 2.70. The highest BCUT2D eigenvalue weighted by Gasteiger charge is 2.12. The minimum atomic E-state index is -0.0162. The Balaban J connectivity index is 1.45. The Morgan fingerprint density at radius 2 is 1.89 bits per heavy atom. The maximum absolute atomic E-state index is 12.4. The molecule has 0 aliphatic carbocycles. The van der Waals surface area contributed by atoms with Gasteiger partial charge < -0.3 is 5.32 Å². The second-order valence-corrected chi connectivity index (χ2v) is 7.95. The molecule has 0 unspecified atom stereocenters. The molecule has 6 heteroatoms. The number of para-hydroxylation sites is 2. The number of rotatable bonds is 6. The summed E-state index contributed by atoms with van der Waals surface area (Å²) >= 11 is 3.21. The van der Waals surface area contributed by atoms with Crippen molar-refractivity contribution < 1.29 is 4.79 Å². The van der Waals surface area contributed by atoms with Crippen LogP contribution >= 0.6 is 23.1 Å². The van der Waals surface area contributed by atoms with Crippen molar-refractivity contribution >= 4 is 44.9 Å². The number of carbonyl (C=O) groups excluding carboxylic acids is 1. The Labute approximate surface area is 165 Å². The first-order chi connectivity index (χ1) is 13.3. The van der Waals surface area contributed by atoms with Crippen LogP contribution in [-0.4, -0.2) is 21.6 Å². The molecule has 1 amide bonds. The van der Waals surface area contributed by atoms with Gasteiger partial charge in [-0.05, 0) is 35.9 Å². The highest BCUT2D eigenvalue weighted by atomic mass is 32.2. The first-order valence-corrected chi connectivity index (χ1v) is 10.5. The molecule has 4 aromatic rings. The van der Waals surface area contributed by atoms with Crippen LogP contribution in [0.15, 0.2) is 73.1 Å². The van der Waals surface area contributed by atoms with Gasteiger partial charge in [-0.15, -0.1) is 23.1 Å². The zero-order chi connectivity index (χ0) is 18.5. The fourth-order valence-corrected chi connectivity index (χ4v) is 4.47. The maximum atomic E-state index is 12.4. The van der Waals surface area contributed by atoms with E-state index >= 15 is 0 Å². The summed E-state index contributed by atoms with van der Waals surface area (Å²) in [5.41, 5.74) is 3.84. The number of hydrogen-bond acceptors (Lipinski definition) is 5. The first kappa shape index (κ1) is 17.7. The maximum Gasteiger partial charge on any atom is 0.234 e. The Morgan fingerprint density at radius 3 is 2.74 bits per heavy atom. The number of thioether (sulfide) groups is 1. The van der Waals surface area contributed by atoms with Crippen LogP contribution < -0.4 is 5.32 Å². The van der Waals surface area contributed by atoms with Crippen molar-refractivity contribution in [3.63, 3.8) is 0 Å². The second kappa shape index (κ2) is 8.33. The standard InChI is InChI=1S/C21H17N3OS2/c25-20(14-26-13-15-6-5-11-22-12-15)23-17-8-2-1-7-16(17)21-24-18-9-3-4-10-19(18)27-21/h1-12H,13-14H2,(H,23,25). The molecule has 0 spiro atoms. The van der Waals surface area contributed by atoms with Gasteiger partial charge in [0.2, 0.25) is 5.91 Å². The molecule has 4 nitrogen and oxygen atoms in total. The first-order valence-electron chi connectivity index (χ1n) is 8.51. The largest absolute Gasteiger partial charge is 0.325 e. The van der Waals surface area contributed by atoms with E-state index in [9.17, 15) is 4.79 Å². The molecule has 27 heavy (non-hydrogen) atoms. The summed E-state index contributed by atoms with van der Waals surface area (Å²) in [7, 11) is 0. The summed E-state index contributed by atoms with van der Waals surface area (Å²) in [6.07, 6.45) is 3.58. The zero-order valence-electron chi connectivity index (χ0n) is 14.5. The fraction of sp³-hybridized carbons (Fsp3) is 0.0952. The van der Waals surface area contributed by atoms with Crippen LogP contribution in [0.25, 0.3) is 20.8 Å². The van der Waals surface area contributed by atoms with Gasteiger partial charge in [0.05, 0.1) is 21.7 Å². The number of carbonyl (C=O) groups is 1. The molecule has 0 saturated carbocycles. The quantitative estimate of drug-likeness (QED) is 0.489. The van der Waals surface area contributed by atoms with Crippen LogP contribution in [-0.2, 0) is 10.5 Å². The Hall–Kier alpha value is -2.70. The summed E-state index contributed by atoms with van der Waals surface area (Å²) in [4.78, 5) is 21.2. The number of benzene rings is 2. The molecule has 0 aliphatic heterocycles. The molecule has 1 N–H and O–H groups in total. The van der Waals surface area contributed by atoms with Crippen molar-refractivity contribution in [3.05, 3.63) is 78.6 Å². The molecule has 0 atom stereocenters. The normalized spacial score (nSPS) is 10.8. The van der Waals surface area contributed by atoms with Crippen molar-refractivity contribution in [1.29, 1.82) is 0 Å². The van der Waals surface area contributed by atoms with E-state index in [1.165, 1.54) is 0 Å². The molecular formula is C21H17N3OS2. The molecule has 2 aromatic carbocycles. The molecule has 4 rings (SSSR count). The number of nitrogens with zero attached hydrogens (tertiary/aromatic N) is 2. The van der Waals surface area contributed by atoms with Crippen LogP contribution in [0.4, 0.5) is 5.69 Å². The molecule has 2 aromatic heterocycles. The topological polar surface area (TPSA) is 54.9 Å². The van der Waals surface area contributed by atoms with Gasteiger partial charge in [0.15, 0.2) is 0 Å². The number of nitrogens with one attached hydrogen (secondary N) is 1. The van der Waals surface area contributed by atoms with Gasteiger partial charge in [0.1, 0.15) is 5.01 Å². The lowest BCUT2D eigenvalue weighted by molar-refractivity contribution is -0.113. The monoisotopic (exact) mass is 391 g/mol. The highest BCUT2D eigenvalue weighted by Crippen LogP contribution is 2.34. The van der Waals surface area contributed by atoms with Gasteiger partial charge >= 0.3 is 0 Å². The summed E-state index contributed by atoms with van der Waals surface area (Å²) in [6, 6.07) is 19.8. The molecule has 134 valence electrons. The minimum Gasteiger partial charge on any atom is -0.325 e. The summed E-state index contributed by atoms with van der Waals surface area (Å²) in [6.45, 7) is 0. The molecule has 0 bridgehead atoms. The number of thiazole rings is 1. The van der Waals surface area contributed by atoms with E-state index in [0.717, 1.165) is 37.8 Å². The van der Waals surface area contributed by atoms with Gasteiger partial charge in [-0.25, -0.2) is 4.98 Å². The number of hydrogen-bond donors (Lipinski definition) is 1. The predicted octanol–water partition coefficient (Wildman–Crippen LogP) is 5.23. The van der Waals surface area contributed by atoms with E-state index in [2.05, 4.69) is 16.4 Å². The zero-order valence-corrected chi connectivity index (χ0v) is 16.1. The van der Waals surface area contributed by atoms with Gasteiger partial charge in [-0.1, -0.05) is 30.3 Å². The number of fused-ring (bicyclic) bond motifs is 1. The Kier molecular flexibility index (Phi) is 5.46. The van der Waals surface area contributed by atoms with E-state index < -0.39 is 0 Å². The summed E-state index contributed by atoms with van der Waals surface area (Å²) in [5, 5.41) is 3.94. The van der Waals surface area contributed by atoms with E-state index in [1.54, 1.807) is 29.3 Å². The molecule has 0 fully saturated rings. The molecule has 0 aliphatic rings. The molecule has 0 saturated heterocycles. The predicted molar refractivity (Wildman–Crippen MR) is 114 cm³/mol. The number of aromatic nitrogens is 2. The van der Waals surface area contributed by atoms with E-state index in [0.29, 0.717) is 5.75 Å². The average molecular weight is 392 g/mol. The third-order valence-electron chi connectivity index (χ3n) is 3.95. The smallest absolute Gasteiger partial charge is 0.234 e. The van der Waals surface area contributed by atoms with Crippen molar-refractivity contribution in [2.24, 2.45) is 0 Å². The van der Waals surface area contributed by atoms with Gasteiger partial charge in [0, 0.05) is 23.7 Å². The third-order valence-corrected chi connectivity index (χ3v) is 6.02. The van der Waals surface area contributed by atoms with Crippen molar-refractivity contribution in [2.45, 2.75) is 5.75 Å². The highest BCUT2D eigenvalue weighted by molar-refractivity contribution is 7.99. The second-order valence-electron chi connectivity index (χ2n) is 5.93. The molecule has 2 heterocycles. The van der Waals surface area contributed by atoms with Crippen LogP contribution in [0.1, 0.15) is 5.56 Å². The lowest BCUT2D eigenvalue weighted by atomic mass is 10.2. The average Bonchev–Trinajstić information content (AvgIpc) is 3.13. The van der Waals surface area contributed by atoms with Crippen LogP contribution in [0.2, 0.25) is 0 Å². The lowest BCUT2D eigenvalue weighted by Gasteiger charge is -2.09. The SMILES string of the molecule is O=C(CSCc1cccnc1)Nc1ccccc1-c1nc2ccccc2s1. The number of amides is 1. The van der Waals surface area contributed by atoms with E-state index in [-0.39, 0.29) is 5.91 Å². The minimum absolute atomic E-state index is 0.0162. The van der Waals surface area contributed by atoms with Crippen molar-refractivity contribution in [3.8, 4) is 10.6 Å². The molecule has 0 radical (unpaired) electrons. The van der Waals surface area contributed by atoms with Gasteiger partial charge in [-0.3, -0.25) is 9.78 Å². The number of anilines is 1. The van der Waals surface area contributed by atoms with E-state index in [4.69, 9.17) is 4.98 Å². The Morgan fingerprint density at radius 1 is 1.04 bits per heavy atom. The summed E-state index contributed by atoms with van der Waals surface area (Å²) < 4.78 is 1.14. The van der Waals surface area contributed by atoms with Crippen LogP contribution in [0, 0.1) is 0 Å². The summed E-state index contributed by atoms with van der Waals surface area (Å²) in [5.74, 6) is 1.14. The van der Waals surface area contributed by atoms with Crippen molar-refractivity contribution in [2.75, 3.05) is 11.1 Å². The van der Waals surface area contributed by atoms with E-state index in [1.807, 2.05) is 60.8 Å². The molecular weight excluding hydrogens is 374 g/mol. The Bertz CT molecular complexity index is 1030. The lowest BCUT2D eigenvalue weighted by Crippen LogP contribution is -2.14. The van der Waals surface area contributed by atoms with Crippen LogP contribution in [0.5, 0.6) is 0 Å². The van der Waals surface area contributed by atoms with Crippen molar-refractivity contribution in [1.82, 2.24) is 9.97 Å². The van der Waals surface area contributed by atoms with Crippen LogP contribution in [0.3, 0.4) is 0 Å². The number of pyridine rings is 1. The van der Waals surface area contributed by atoms with Gasteiger partial charge in [-0.2, -0.15) is 0 Å².